The fraction of sp³-hybridized carbons (Fsp3) is 0.250. The lowest BCUT2D eigenvalue weighted by Gasteiger charge is -2.12. The molecule has 27 heavy (non-hydrogen) atoms. The van der Waals surface area contributed by atoms with Crippen molar-refractivity contribution in [3.8, 4) is 17.3 Å². The third-order valence-corrected chi connectivity index (χ3v) is 5.09. The molecule has 3 nitrogen and oxygen atoms in total. The van der Waals surface area contributed by atoms with E-state index in [1.807, 2.05) is 24.3 Å². The first-order valence-corrected chi connectivity index (χ1v) is 9.33. The van der Waals surface area contributed by atoms with Gasteiger partial charge in [-0.05, 0) is 54.7 Å². The third kappa shape index (κ3) is 2.88. The molecule has 0 amide bonds. The van der Waals surface area contributed by atoms with Crippen LogP contribution in [0.3, 0.4) is 0 Å². The van der Waals surface area contributed by atoms with E-state index in [0.717, 1.165) is 34.2 Å². The number of nitriles is 1. The van der Waals surface area contributed by atoms with Gasteiger partial charge in [-0.1, -0.05) is 19.9 Å². The van der Waals surface area contributed by atoms with Crippen LogP contribution in [0.15, 0.2) is 53.1 Å². The molecule has 0 aliphatic carbocycles. The average molecular weight is 355 g/mol. The second kappa shape index (κ2) is 6.55. The van der Waals surface area contributed by atoms with Crippen molar-refractivity contribution in [3.05, 3.63) is 65.4 Å². The molecule has 4 aromatic rings. The number of benzene rings is 2. The molecule has 4 rings (SSSR count). The molecule has 0 saturated carbocycles. The van der Waals surface area contributed by atoms with Crippen molar-refractivity contribution in [2.75, 3.05) is 0 Å². The average Bonchev–Trinajstić information content (AvgIpc) is 3.00. The zero-order valence-electron chi connectivity index (χ0n) is 16.2. The molecular formula is C24H23N2O+. The van der Waals surface area contributed by atoms with Gasteiger partial charge in [-0.15, -0.1) is 0 Å². The molecule has 2 heterocycles. The quantitative estimate of drug-likeness (QED) is 0.458. The Hall–Kier alpha value is -3.12. The first-order chi connectivity index (χ1) is 13.0. The molecule has 0 saturated heterocycles. The maximum absolute atomic E-state index is 9.26. The standard InChI is InChI=1S/C24H23N2O/c1-15(2)11-18-12-16(3)22(20-7-5-6-10-26(20)4)24-23(18)19-9-8-17(14-25)13-21(19)27-24/h5-10,12-13,15H,11H2,1-4H3/q+1. The molecule has 0 fully saturated rings. The third-order valence-electron chi connectivity index (χ3n) is 5.09. The summed E-state index contributed by atoms with van der Waals surface area (Å²) in [7, 11) is 2.05. The molecular weight excluding hydrogens is 332 g/mol. The van der Waals surface area contributed by atoms with Gasteiger partial charge in [0.25, 0.3) is 0 Å². The lowest BCUT2D eigenvalue weighted by molar-refractivity contribution is -0.660. The highest BCUT2D eigenvalue weighted by Crippen LogP contribution is 2.40. The van der Waals surface area contributed by atoms with Crippen molar-refractivity contribution < 1.29 is 8.98 Å². The number of rotatable bonds is 3. The largest absolute Gasteiger partial charge is 0.455 e. The summed E-state index contributed by atoms with van der Waals surface area (Å²) in [6, 6.07) is 16.5. The fourth-order valence-corrected chi connectivity index (χ4v) is 3.95. The van der Waals surface area contributed by atoms with Crippen LogP contribution in [0.25, 0.3) is 33.2 Å². The topological polar surface area (TPSA) is 40.8 Å². The fourth-order valence-electron chi connectivity index (χ4n) is 3.95. The predicted molar refractivity (Wildman–Crippen MR) is 108 cm³/mol. The molecule has 2 aromatic carbocycles. The van der Waals surface area contributed by atoms with E-state index in [9.17, 15) is 5.26 Å². The maximum atomic E-state index is 9.26. The number of fused-ring (bicyclic) bond motifs is 3. The van der Waals surface area contributed by atoms with Crippen LogP contribution in [-0.2, 0) is 13.5 Å². The van der Waals surface area contributed by atoms with Gasteiger partial charge in [-0.3, -0.25) is 0 Å². The first kappa shape index (κ1) is 17.3. The molecule has 0 atom stereocenters. The van der Waals surface area contributed by atoms with Gasteiger partial charge in [0, 0.05) is 22.9 Å². The second-order valence-corrected chi connectivity index (χ2v) is 7.65. The van der Waals surface area contributed by atoms with Gasteiger partial charge >= 0.3 is 0 Å². The summed E-state index contributed by atoms with van der Waals surface area (Å²) in [6.07, 6.45) is 3.05. The van der Waals surface area contributed by atoms with Crippen molar-refractivity contribution in [2.24, 2.45) is 13.0 Å². The van der Waals surface area contributed by atoms with Crippen molar-refractivity contribution in [2.45, 2.75) is 27.2 Å². The van der Waals surface area contributed by atoms with Gasteiger partial charge in [0.2, 0.25) is 5.69 Å². The van der Waals surface area contributed by atoms with E-state index in [1.54, 1.807) is 0 Å². The van der Waals surface area contributed by atoms with E-state index in [4.69, 9.17) is 4.42 Å². The Morgan fingerprint density at radius 3 is 2.67 bits per heavy atom. The molecule has 0 N–H and O–H groups in total. The molecule has 2 aromatic heterocycles. The Balaban J connectivity index is 2.15. The highest BCUT2D eigenvalue weighted by Gasteiger charge is 2.23. The minimum Gasteiger partial charge on any atom is -0.455 e. The second-order valence-electron chi connectivity index (χ2n) is 7.65. The minimum atomic E-state index is 0.551. The van der Waals surface area contributed by atoms with E-state index in [2.05, 4.69) is 62.9 Å². The SMILES string of the molecule is Cc1cc(CC(C)C)c2c(oc3cc(C#N)ccc32)c1-c1cccc[n+]1C. The smallest absolute Gasteiger partial charge is 0.216 e. The lowest BCUT2D eigenvalue weighted by atomic mass is 9.92. The Bertz CT molecular complexity index is 1210. The number of hydrogen-bond donors (Lipinski definition) is 0. The molecule has 0 aliphatic heterocycles. The number of hydrogen-bond acceptors (Lipinski definition) is 2. The van der Waals surface area contributed by atoms with Crippen LogP contribution in [0.4, 0.5) is 0 Å². The monoisotopic (exact) mass is 355 g/mol. The van der Waals surface area contributed by atoms with Gasteiger partial charge in [0.05, 0.1) is 17.2 Å². The Kier molecular flexibility index (Phi) is 4.20. The maximum Gasteiger partial charge on any atom is 0.216 e. The Labute approximate surface area is 159 Å². The van der Waals surface area contributed by atoms with Crippen molar-refractivity contribution in [1.82, 2.24) is 0 Å². The lowest BCUT2D eigenvalue weighted by Crippen LogP contribution is -2.30. The number of aromatic nitrogens is 1. The molecule has 0 bridgehead atoms. The summed E-state index contributed by atoms with van der Waals surface area (Å²) in [5.41, 5.74) is 7.07. The van der Waals surface area contributed by atoms with Crippen LogP contribution >= 0.6 is 0 Å². The molecule has 0 aliphatic rings. The summed E-state index contributed by atoms with van der Waals surface area (Å²) >= 11 is 0. The van der Waals surface area contributed by atoms with Crippen LogP contribution in [0, 0.1) is 24.2 Å². The predicted octanol–water partition coefficient (Wildman–Crippen LogP) is 5.46. The van der Waals surface area contributed by atoms with E-state index >= 15 is 0 Å². The number of pyridine rings is 1. The summed E-state index contributed by atoms with van der Waals surface area (Å²) in [4.78, 5) is 0. The molecule has 0 spiro atoms. The highest BCUT2D eigenvalue weighted by atomic mass is 16.3. The van der Waals surface area contributed by atoms with E-state index in [1.165, 1.54) is 16.5 Å². The van der Waals surface area contributed by atoms with Crippen molar-refractivity contribution in [3.63, 3.8) is 0 Å². The van der Waals surface area contributed by atoms with E-state index in [0.29, 0.717) is 11.5 Å². The van der Waals surface area contributed by atoms with Crippen LogP contribution in [0.2, 0.25) is 0 Å². The molecule has 134 valence electrons. The van der Waals surface area contributed by atoms with Gasteiger partial charge in [0.1, 0.15) is 18.2 Å². The summed E-state index contributed by atoms with van der Waals surface area (Å²) in [6.45, 7) is 6.63. The van der Waals surface area contributed by atoms with Crippen molar-refractivity contribution in [1.29, 1.82) is 5.26 Å². The van der Waals surface area contributed by atoms with Crippen LogP contribution in [-0.4, -0.2) is 0 Å². The normalized spacial score (nSPS) is 11.4. The van der Waals surface area contributed by atoms with Crippen molar-refractivity contribution >= 4 is 21.9 Å². The molecule has 0 unspecified atom stereocenters. The number of nitrogens with zero attached hydrogens (tertiary/aromatic N) is 2. The van der Waals surface area contributed by atoms with Gasteiger partial charge < -0.3 is 4.42 Å². The summed E-state index contributed by atoms with van der Waals surface area (Å²) in [5, 5.41) is 11.5. The summed E-state index contributed by atoms with van der Waals surface area (Å²) in [5.74, 6) is 0.551. The Morgan fingerprint density at radius 1 is 1.15 bits per heavy atom. The highest BCUT2D eigenvalue weighted by molar-refractivity contribution is 6.11. The van der Waals surface area contributed by atoms with Gasteiger partial charge in [-0.2, -0.15) is 5.26 Å². The zero-order chi connectivity index (χ0) is 19.1. The van der Waals surface area contributed by atoms with Crippen LogP contribution in [0.1, 0.15) is 30.5 Å². The number of aryl methyl sites for hydroxylation is 2. The number of furan rings is 1. The minimum absolute atomic E-state index is 0.551. The summed E-state index contributed by atoms with van der Waals surface area (Å²) < 4.78 is 8.50. The van der Waals surface area contributed by atoms with E-state index < -0.39 is 0 Å². The van der Waals surface area contributed by atoms with E-state index in [-0.39, 0.29) is 0 Å². The molecule has 3 heteroatoms. The first-order valence-electron chi connectivity index (χ1n) is 9.33. The van der Waals surface area contributed by atoms with Gasteiger partial charge in [-0.25, -0.2) is 4.57 Å². The van der Waals surface area contributed by atoms with Gasteiger partial charge in [0.15, 0.2) is 6.20 Å². The molecule has 0 radical (unpaired) electrons. The zero-order valence-corrected chi connectivity index (χ0v) is 16.2. The van der Waals surface area contributed by atoms with Crippen LogP contribution in [0.5, 0.6) is 0 Å². The Morgan fingerprint density at radius 2 is 1.96 bits per heavy atom. The van der Waals surface area contributed by atoms with Crippen LogP contribution < -0.4 is 4.57 Å².